The summed E-state index contributed by atoms with van der Waals surface area (Å²) in [5.74, 6) is -4.47. The second-order valence-corrected chi connectivity index (χ2v) is 5.84. The highest BCUT2D eigenvalue weighted by Crippen LogP contribution is 1.99. The third-order valence-corrected chi connectivity index (χ3v) is 3.45. The van der Waals surface area contributed by atoms with E-state index in [2.05, 4.69) is 10.6 Å². The number of carboxylic acid groups (broad SMARTS) is 1. The summed E-state index contributed by atoms with van der Waals surface area (Å²) < 4.78 is 0. The fourth-order valence-electron chi connectivity index (χ4n) is 1.69. The van der Waals surface area contributed by atoms with Crippen LogP contribution in [0.15, 0.2) is 0 Å². The van der Waals surface area contributed by atoms with Gasteiger partial charge in [-0.1, -0.05) is 13.8 Å². The van der Waals surface area contributed by atoms with Gasteiger partial charge in [-0.15, -0.1) is 0 Å². The van der Waals surface area contributed by atoms with E-state index in [1.807, 2.05) is 5.32 Å². The van der Waals surface area contributed by atoms with Gasteiger partial charge in [0.1, 0.15) is 18.1 Å². The minimum absolute atomic E-state index is 0.222. The van der Waals surface area contributed by atoms with Crippen LogP contribution in [-0.4, -0.2) is 88.1 Å². The molecule has 3 amide bonds. The summed E-state index contributed by atoms with van der Waals surface area (Å²) in [5.41, 5.74) is 5.63. The third-order valence-electron chi connectivity index (χ3n) is 3.45. The Hall–Kier alpha value is -2.28. The van der Waals surface area contributed by atoms with Crippen molar-refractivity contribution in [2.24, 2.45) is 11.7 Å². The Balaban J connectivity index is 4.91. The van der Waals surface area contributed by atoms with Crippen LogP contribution in [0.5, 0.6) is 0 Å². The highest BCUT2D eigenvalue weighted by molar-refractivity contribution is 5.94. The van der Waals surface area contributed by atoms with Crippen LogP contribution in [0.4, 0.5) is 0 Å². The molecule has 0 bridgehead atoms. The molecule has 0 aromatic heterocycles. The fraction of sp³-hybridized carbons (Fsp3) is 0.714. The number of hydrogen-bond acceptors (Lipinski definition) is 8. The Kier molecular flexibility index (Phi) is 10.4. The van der Waals surface area contributed by atoms with Gasteiger partial charge in [-0.05, 0) is 5.92 Å². The molecular weight excluding hydrogens is 352 g/mol. The zero-order valence-corrected chi connectivity index (χ0v) is 14.5. The fourth-order valence-corrected chi connectivity index (χ4v) is 1.69. The number of nitrogens with one attached hydrogen (secondary N) is 3. The molecule has 0 aliphatic heterocycles. The Morgan fingerprint density at radius 2 is 1.12 bits per heavy atom. The minimum atomic E-state index is -1.62. The maximum atomic E-state index is 12.1. The number of carbonyl (C=O) groups excluding carboxylic acids is 3. The standard InChI is InChI=1S/C14H26N4O8/c1-6(2)10(15)13(24)17-8(4-20)11(22)16-7(3-19)12(23)18-9(5-21)14(25)26/h6-10,19-21H,3-5,15H2,1-2H3,(H,16,22)(H,17,24)(H,18,23)(H,25,26). The normalized spacial score (nSPS) is 15.5. The van der Waals surface area contributed by atoms with Crippen LogP contribution in [0.2, 0.25) is 0 Å². The molecule has 0 saturated heterocycles. The van der Waals surface area contributed by atoms with Gasteiger partial charge in [-0.3, -0.25) is 14.4 Å². The number of carbonyl (C=O) groups is 4. The molecule has 150 valence electrons. The molecule has 26 heavy (non-hydrogen) atoms. The molecule has 0 fully saturated rings. The van der Waals surface area contributed by atoms with Gasteiger partial charge in [0, 0.05) is 0 Å². The van der Waals surface area contributed by atoms with Crippen molar-refractivity contribution in [3.63, 3.8) is 0 Å². The summed E-state index contributed by atoms with van der Waals surface area (Å²) >= 11 is 0. The molecule has 9 N–H and O–H groups in total. The van der Waals surface area contributed by atoms with Crippen LogP contribution >= 0.6 is 0 Å². The molecule has 0 radical (unpaired) electrons. The number of amides is 3. The van der Waals surface area contributed by atoms with E-state index >= 15 is 0 Å². The van der Waals surface area contributed by atoms with Crippen molar-refractivity contribution in [1.82, 2.24) is 16.0 Å². The molecule has 12 heteroatoms. The van der Waals surface area contributed by atoms with E-state index in [9.17, 15) is 29.4 Å². The number of rotatable bonds is 11. The second-order valence-electron chi connectivity index (χ2n) is 5.84. The largest absolute Gasteiger partial charge is 0.480 e. The average molecular weight is 378 g/mol. The van der Waals surface area contributed by atoms with Gasteiger partial charge in [-0.2, -0.15) is 0 Å². The van der Waals surface area contributed by atoms with Gasteiger partial charge in [0.2, 0.25) is 17.7 Å². The Labute approximate surface area is 149 Å². The number of aliphatic hydroxyl groups is 3. The van der Waals surface area contributed by atoms with Crippen molar-refractivity contribution in [2.75, 3.05) is 19.8 Å². The van der Waals surface area contributed by atoms with Crippen LogP contribution in [0, 0.1) is 5.92 Å². The first kappa shape index (κ1) is 23.7. The van der Waals surface area contributed by atoms with E-state index in [1.165, 1.54) is 0 Å². The maximum Gasteiger partial charge on any atom is 0.328 e. The summed E-state index contributed by atoms with van der Waals surface area (Å²) in [5, 5.41) is 42.3. The lowest BCUT2D eigenvalue weighted by Gasteiger charge is -2.23. The van der Waals surface area contributed by atoms with Crippen molar-refractivity contribution in [3.8, 4) is 0 Å². The Morgan fingerprint density at radius 3 is 1.42 bits per heavy atom. The highest BCUT2D eigenvalue weighted by atomic mass is 16.4. The molecule has 0 aliphatic rings. The SMILES string of the molecule is CC(C)C(N)C(=O)NC(CO)C(=O)NC(CO)C(=O)NC(CO)C(=O)O. The van der Waals surface area contributed by atoms with Crippen molar-refractivity contribution < 1.29 is 39.6 Å². The van der Waals surface area contributed by atoms with E-state index in [-0.39, 0.29) is 5.92 Å². The lowest BCUT2D eigenvalue weighted by molar-refractivity contribution is -0.143. The minimum Gasteiger partial charge on any atom is -0.480 e. The molecule has 12 nitrogen and oxygen atoms in total. The maximum absolute atomic E-state index is 12.1. The molecule has 4 atom stereocenters. The number of carboxylic acids is 1. The summed E-state index contributed by atoms with van der Waals surface area (Å²) in [7, 11) is 0. The predicted molar refractivity (Wildman–Crippen MR) is 87.5 cm³/mol. The molecule has 0 aromatic carbocycles. The zero-order valence-electron chi connectivity index (χ0n) is 14.5. The number of aliphatic hydroxyl groups excluding tert-OH is 3. The number of nitrogens with two attached hydrogens (primary N) is 1. The quantitative estimate of drug-likeness (QED) is 0.174. The molecular formula is C14H26N4O8. The van der Waals surface area contributed by atoms with E-state index in [0.717, 1.165) is 0 Å². The van der Waals surface area contributed by atoms with Gasteiger partial charge < -0.3 is 42.1 Å². The van der Waals surface area contributed by atoms with Crippen LogP contribution < -0.4 is 21.7 Å². The third kappa shape index (κ3) is 7.31. The van der Waals surface area contributed by atoms with Crippen molar-refractivity contribution in [2.45, 2.75) is 38.0 Å². The summed E-state index contributed by atoms with van der Waals surface area (Å²) in [6.07, 6.45) is 0. The first-order chi connectivity index (χ1) is 12.1. The lowest BCUT2D eigenvalue weighted by atomic mass is 10.0. The summed E-state index contributed by atoms with van der Waals surface area (Å²) in [6, 6.07) is -5.52. The van der Waals surface area contributed by atoms with Gasteiger partial charge in [0.25, 0.3) is 0 Å². The van der Waals surface area contributed by atoms with E-state index in [0.29, 0.717) is 0 Å². The first-order valence-corrected chi connectivity index (χ1v) is 7.81. The van der Waals surface area contributed by atoms with Crippen LogP contribution in [0.1, 0.15) is 13.8 Å². The van der Waals surface area contributed by atoms with Crippen molar-refractivity contribution in [1.29, 1.82) is 0 Å². The Morgan fingerprint density at radius 1 is 0.769 bits per heavy atom. The van der Waals surface area contributed by atoms with Gasteiger partial charge >= 0.3 is 5.97 Å². The van der Waals surface area contributed by atoms with E-state index in [4.69, 9.17) is 15.9 Å². The smallest absolute Gasteiger partial charge is 0.328 e. The van der Waals surface area contributed by atoms with Crippen molar-refractivity contribution in [3.05, 3.63) is 0 Å². The second kappa shape index (κ2) is 11.4. The van der Waals surface area contributed by atoms with Gasteiger partial charge in [0.05, 0.1) is 25.9 Å². The molecule has 4 unspecified atom stereocenters. The van der Waals surface area contributed by atoms with E-state index < -0.39 is 67.7 Å². The molecule has 0 saturated carbocycles. The van der Waals surface area contributed by atoms with E-state index in [1.54, 1.807) is 13.8 Å². The molecule has 0 aromatic rings. The first-order valence-electron chi connectivity index (χ1n) is 7.81. The lowest BCUT2D eigenvalue weighted by Crippen LogP contribution is -2.59. The predicted octanol–water partition coefficient (Wildman–Crippen LogP) is -4.51. The molecule has 0 aliphatic carbocycles. The van der Waals surface area contributed by atoms with Gasteiger partial charge in [-0.25, -0.2) is 4.79 Å². The number of aliphatic carboxylic acids is 1. The molecule has 0 rings (SSSR count). The monoisotopic (exact) mass is 378 g/mol. The van der Waals surface area contributed by atoms with Gasteiger partial charge in [0.15, 0.2) is 0 Å². The van der Waals surface area contributed by atoms with Crippen molar-refractivity contribution >= 4 is 23.7 Å². The molecule has 0 heterocycles. The Bertz CT molecular complexity index is 513. The van der Waals surface area contributed by atoms with Crippen LogP contribution in [0.25, 0.3) is 0 Å². The van der Waals surface area contributed by atoms with Crippen LogP contribution in [0.3, 0.4) is 0 Å². The summed E-state index contributed by atoms with van der Waals surface area (Å²) in [6.45, 7) is 0.800. The number of hydrogen-bond donors (Lipinski definition) is 8. The highest BCUT2D eigenvalue weighted by Gasteiger charge is 2.29. The topological polar surface area (TPSA) is 211 Å². The zero-order chi connectivity index (χ0) is 20.4. The average Bonchev–Trinajstić information content (AvgIpc) is 2.59. The summed E-state index contributed by atoms with van der Waals surface area (Å²) in [4.78, 5) is 46.6. The van der Waals surface area contributed by atoms with Crippen LogP contribution in [-0.2, 0) is 19.2 Å². The molecule has 0 spiro atoms.